The van der Waals surface area contributed by atoms with Gasteiger partial charge in [-0.2, -0.15) is 0 Å². The summed E-state index contributed by atoms with van der Waals surface area (Å²) < 4.78 is 40.4. The second-order valence-electron chi connectivity index (χ2n) is 10.2. The number of anilines is 1. The second kappa shape index (κ2) is 14.0. The van der Waals surface area contributed by atoms with E-state index in [1.807, 2.05) is 44.2 Å². The summed E-state index contributed by atoms with van der Waals surface area (Å²) >= 11 is 0. The van der Waals surface area contributed by atoms with Crippen LogP contribution in [0.1, 0.15) is 37.0 Å². The van der Waals surface area contributed by atoms with E-state index >= 15 is 0 Å². The van der Waals surface area contributed by atoms with Gasteiger partial charge in [-0.3, -0.25) is 24.0 Å². The molecule has 0 saturated carbocycles. The summed E-state index contributed by atoms with van der Waals surface area (Å²) in [5, 5.41) is 14.4. The van der Waals surface area contributed by atoms with Crippen LogP contribution in [0, 0.1) is 22.9 Å². The summed E-state index contributed by atoms with van der Waals surface area (Å²) in [5.74, 6) is -1.62. The van der Waals surface area contributed by atoms with Gasteiger partial charge in [0, 0.05) is 31.1 Å². The molecule has 0 fully saturated rings. The van der Waals surface area contributed by atoms with Crippen molar-refractivity contribution in [3.63, 3.8) is 0 Å². The van der Waals surface area contributed by atoms with Crippen LogP contribution in [0.4, 0.5) is 15.8 Å². The van der Waals surface area contributed by atoms with Crippen LogP contribution >= 0.6 is 0 Å². The summed E-state index contributed by atoms with van der Waals surface area (Å²) in [6, 6.07) is 17.0. The number of carbonyl (C=O) groups is 2. The van der Waals surface area contributed by atoms with Crippen molar-refractivity contribution in [2.24, 2.45) is 0 Å². The summed E-state index contributed by atoms with van der Waals surface area (Å²) in [5.41, 5.74) is 1.34. The first-order valence-electron chi connectivity index (χ1n) is 13.4. The number of halogens is 1. The predicted octanol–water partition coefficient (Wildman–Crippen LogP) is 4.36. The Morgan fingerprint density at radius 1 is 1.02 bits per heavy atom. The van der Waals surface area contributed by atoms with Crippen molar-refractivity contribution < 1.29 is 27.3 Å². The van der Waals surface area contributed by atoms with E-state index < -0.39 is 45.2 Å². The van der Waals surface area contributed by atoms with Crippen molar-refractivity contribution in [3.8, 4) is 0 Å². The first-order chi connectivity index (χ1) is 19.8. The SMILES string of the molecule is CC[C@@H](C)NC(=O)[C@@H](Cc1ccccc1)N(Cc1ccc(F)cc1)C(=O)CN(c1cc([N+](=O)[O-])ccc1C)S(C)(=O)=O. The third kappa shape index (κ3) is 8.59. The highest BCUT2D eigenvalue weighted by Crippen LogP contribution is 2.28. The van der Waals surface area contributed by atoms with Gasteiger partial charge in [0.25, 0.3) is 5.69 Å². The number of non-ortho nitro benzene ring substituents is 1. The molecule has 0 aliphatic carbocycles. The Morgan fingerprint density at radius 2 is 1.67 bits per heavy atom. The Morgan fingerprint density at radius 3 is 2.24 bits per heavy atom. The number of carbonyl (C=O) groups excluding carboxylic acids is 2. The zero-order chi connectivity index (χ0) is 31.0. The predicted molar refractivity (Wildman–Crippen MR) is 159 cm³/mol. The maximum atomic E-state index is 14.1. The van der Waals surface area contributed by atoms with E-state index in [-0.39, 0.29) is 30.4 Å². The molecule has 0 spiro atoms. The van der Waals surface area contributed by atoms with Gasteiger partial charge < -0.3 is 10.2 Å². The number of sulfonamides is 1. The number of hydrogen-bond acceptors (Lipinski definition) is 6. The Balaban J connectivity index is 2.10. The van der Waals surface area contributed by atoms with E-state index in [2.05, 4.69) is 5.32 Å². The molecule has 42 heavy (non-hydrogen) atoms. The summed E-state index contributed by atoms with van der Waals surface area (Å²) in [6.45, 7) is 4.49. The lowest BCUT2D eigenvalue weighted by Gasteiger charge is -2.34. The molecule has 3 aromatic rings. The molecule has 0 heterocycles. The Kier molecular flexibility index (Phi) is 10.8. The number of rotatable bonds is 13. The lowest BCUT2D eigenvalue weighted by Crippen LogP contribution is -2.54. The quantitative estimate of drug-likeness (QED) is 0.230. The van der Waals surface area contributed by atoms with E-state index in [0.717, 1.165) is 22.2 Å². The average molecular weight is 599 g/mol. The van der Waals surface area contributed by atoms with E-state index in [0.29, 0.717) is 17.5 Å². The third-order valence-electron chi connectivity index (χ3n) is 6.89. The highest BCUT2D eigenvalue weighted by Gasteiger charge is 2.34. The standard InChI is InChI=1S/C30H35FN4O6S/c1-5-22(3)32-30(37)28(17-23-9-7-6-8-10-23)33(19-24-12-14-25(31)15-13-24)29(36)20-34(42(4,40)41)27-18-26(35(38)39)16-11-21(27)2/h6-16,18,22,28H,5,17,19-20H2,1-4H3,(H,32,37)/t22-,28-/m1/s1. The molecule has 0 unspecified atom stereocenters. The number of hydrogen-bond donors (Lipinski definition) is 1. The van der Waals surface area contributed by atoms with E-state index in [1.165, 1.54) is 41.3 Å². The number of nitrogens with zero attached hydrogens (tertiary/aromatic N) is 3. The smallest absolute Gasteiger partial charge is 0.271 e. The van der Waals surface area contributed by atoms with Crippen LogP contribution in [0.5, 0.6) is 0 Å². The Hall–Kier alpha value is -4.32. The molecule has 0 aliphatic rings. The van der Waals surface area contributed by atoms with Crippen LogP contribution in [0.3, 0.4) is 0 Å². The fraction of sp³-hybridized carbons (Fsp3) is 0.333. The Labute approximate surface area is 245 Å². The summed E-state index contributed by atoms with van der Waals surface area (Å²) in [4.78, 5) is 39.8. The normalized spacial score (nSPS) is 12.7. The monoisotopic (exact) mass is 598 g/mol. The van der Waals surface area contributed by atoms with Gasteiger partial charge in [0.1, 0.15) is 18.4 Å². The minimum atomic E-state index is -4.10. The van der Waals surface area contributed by atoms with Crippen molar-refractivity contribution in [2.75, 3.05) is 17.1 Å². The van der Waals surface area contributed by atoms with Crippen LogP contribution in [0.2, 0.25) is 0 Å². The van der Waals surface area contributed by atoms with E-state index in [9.17, 15) is 32.5 Å². The molecule has 2 atom stereocenters. The molecular weight excluding hydrogens is 563 g/mol. The average Bonchev–Trinajstić information content (AvgIpc) is 2.94. The molecule has 10 nitrogen and oxygen atoms in total. The first-order valence-corrected chi connectivity index (χ1v) is 15.3. The fourth-order valence-corrected chi connectivity index (χ4v) is 5.26. The van der Waals surface area contributed by atoms with Crippen molar-refractivity contribution >= 4 is 33.2 Å². The highest BCUT2D eigenvalue weighted by molar-refractivity contribution is 7.92. The number of aryl methyl sites for hydroxylation is 1. The largest absolute Gasteiger partial charge is 0.352 e. The van der Waals surface area contributed by atoms with Gasteiger partial charge >= 0.3 is 0 Å². The van der Waals surface area contributed by atoms with Gasteiger partial charge in [0.2, 0.25) is 21.8 Å². The van der Waals surface area contributed by atoms with Crippen molar-refractivity contribution in [1.29, 1.82) is 0 Å². The lowest BCUT2D eigenvalue weighted by molar-refractivity contribution is -0.384. The van der Waals surface area contributed by atoms with Gasteiger partial charge in [-0.15, -0.1) is 0 Å². The van der Waals surface area contributed by atoms with Crippen LogP contribution < -0.4 is 9.62 Å². The molecule has 0 aliphatic heterocycles. The summed E-state index contributed by atoms with van der Waals surface area (Å²) in [7, 11) is -4.10. The van der Waals surface area contributed by atoms with Crippen LogP contribution in [0.25, 0.3) is 0 Å². The number of nitro groups is 1. The van der Waals surface area contributed by atoms with Crippen LogP contribution in [0.15, 0.2) is 72.8 Å². The molecule has 1 N–H and O–H groups in total. The third-order valence-corrected chi connectivity index (χ3v) is 8.02. The molecule has 0 aromatic heterocycles. The fourth-order valence-electron chi connectivity index (χ4n) is 4.36. The minimum Gasteiger partial charge on any atom is -0.352 e. The van der Waals surface area contributed by atoms with Gasteiger partial charge in [0.05, 0.1) is 16.9 Å². The maximum absolute atomic E-state index is 14.1. The number of amides is 2. The lowest BCUT2D eigenvalue weighted by atomic mass is 10.0. The van der Waals surface area contributed by atoms with Crippen LogP contribution in [-0.4, -0.2) is 54.9 Å². The molecule has 224 valence electrons. The van der Waals surface area contributed by atoms with Gasteiger partial charge in [-0.05, 0) is 49.1 Å². The summed E-state index contributed by atoms with van der Waals surface area (Å²) in [6.07, 6.45) is 1.67. The highest BCUT2D eigenvalue weighted by atomic mass is 32.2. The van der Waals surface area contributed by atoms with Gasteiger partial charge in [-0.1, -0.05) is 55.5 Å². The topological polar surface area (TPSA) is 130 Å². The molecule has 0 bridgehead atoms. The van der Waals surface area contributed by atoms with Crippen molar-refractivity contribution in [1.82, 2.24) is 10.2 Å². The minimum absolute atomic E-state index is 0.0227. The van der Waals surface area contributed by atoms with E-state index in [1.54, 1.807) is 6.92 Å². The molecule has 0 saturated heterocycles. The molecule has 3 rings (SSSR count). The van der Waals surface area contributed by atoms with Gasteiger partial charge in [-0.25, -0.2) is 12.8 Å². The molecule has 0 radical (unpaired) electrons. The maximum Gasteiger partial charge on any atom is 0.271 e. The van der Waals surface area contributed by atoms with Gasteiger partial charge in [0.15, 0.2) is 0 Å². The number of nitrogens with one attached hydrogen (secondary N) is 1. The first kappa shape index (κ1) is 32.2. The zero-order valence-corrected chi connectivity index (χ0v) is 24.8. The number of benzene rings is 3. The molecule has 12 heteroatoms. The zero-order valence-electron chi connectivity index (χ0n) is 24.0. The Bertz CT molecular complexity index is 1520. The van der Waals surface area contributed by atoms with Crippen molar-refractivity contribution in [2.45, 2.75) is 52.2 Å². The molecule has 3 aromatic carbocycles. The molecular formula is C30H35FN4O6S. The van der Waals surface area contributed by atoms with Crippen LogP contribution in [-0.2, 0) is 32.6 Å². The molecule has 2 amide bonds. The number of nitro benzene ring substituents is 1. The van der Waals surface area contributed by atoms with Crippen molar-refractivity contribution in [3.05, 3.63) is 105 Å². The van der Waals surface area contributed by atoms with E-state index in [4.69, 9.17) is 0 Å². The second-order valence-corrected chi connectivity index (χ2v) is 12.1.